The number of rotatable bonds is 4. The minimum Gasteiger partial charge on any atom is -0.612 e. The van der Waals surface area contributed by atoms with Gasteiger partial charge in [-0.2, -0.15) is 5.10 Å². The Morgan fingerprint density at radius 1 is 1.19 bits per heavy atom. The molecule has 6 nitrogen and oxygen atoms in total. The first-order valence-electron chi connectivity index (χ1n) is 8.57. The van der Waals surface area contributed by atoms with Crippen LogP contribution in [0.4, 0.5) is 5.69 Å². The molecule has 1 amide bonds. The predicted octanol–water partition coefficient (Wildman–Crippen LogP) is 3.52. The second-order valence-corrected chi connectivity index (χ2v) is 7.81. The van der Waals surface area contributed by atoms with Gasteiger partial charge in [-0.15, -0.1) is 0 Å². The highest BCUT2D eigenvalue weighted by atomic mass is 32.2. The Labute approximate surface area is 160 Å². The SMILES string of the molecule is CN1C(=O)CCc2cc(-c3[nH]ncc3Oc3ccc([S+](C)[O-])cc3)ccc21. The number of benzene rings is 2. The summed E-state index contributed by atoms with van der Waals surface area (Å²) in [5.74, 6) is 1.40. The van der Waals surface area contributed by atoms with E-state index >= 15 is 0 Å². The first-order valence-corrected chi connectivity index (χ1v) is 10.1. The van der Waals surface area contributed by atoms with Crippen molar-refractivity contribution in [1.29, 1.82) is 0 Å². The molecule has 3 aromatic rings. The summed E-state index contributed by atoms with van der Waals surface area (Å²) in [4.78, 5) is 14.3. The zero-order chi connectivity index (χ0) is 19.0. The molecule has 1 aromatic heterocycles. The molecule has 7 heteroatoms. The van der Waals surface area contributed by atoms with E-state index in [1.165, 1.54) is 0 Å². The highest BCUT2D eigenvalue weighted by molar-refractivity contribution is 7.90. The molecule has 0 saturated heterocycles. The number of carbonyl (C=O) groups is 1. The molecule has 27 heavy (non-hydrogen) atoms. The van der Waals surface area contributed by atoms with E-state index in [1.807, 2.05) is 12.1 Å². The quantitative estimate of drug-likeness (QED) is 0.701. The van der Waals surface area contributed by atoms with Crippen molar-refractivity contribution in [3.8, 4) is 22.8 Å². The maximum atomic E-state index is 11.9. The minimum atomic E-state index is -1.02. The van der Waals surface area contributed by atoms with E-state index in [2.05, 4.69) is 16.3 Å². The van der Waals surface area contributed by atoms with Crippen molar-refractivity contribution in [2.24, 2.45) is 0 Å². The number of H-pyrrole nitrogens is 1. The van der Waals surface area contributed by atoms with E-state index in [0.29, 0.717) is 17.9 Å². The number of nitrogens with zero attached hydrogens (tertiary/aromatic N) is 2. The Balaban J connectivity index is 1.61. The maximum absolute atomic E-state index is 11.9. The summed E-state index contributed by atoms with van der Waals surface area (Å²) in [5, 5.41) is 7.11. The van der Waals surface area contributed by atoms with Gasteiger partial charge in [0.15, 0.2) is 10.6 Å². The Morgan fingerprint density at radius 2 is 1.96 bits per heavy atom. The van der Waals surface area contributed by atoms with Crippen LogP contribution >= 0.6 is 0 Å². The lowest BCUT2D eigenvalue weighted by atomic mass is 9.98. The van der Waals surface area contributed by atoms with Gasteiger partial charge in [0.05, 0.1) is 6.20 Å². The Hall–Kier alpha value is -2.77. The summed E-state index contributed by atoms with van der Waals surface area (Å²) in [5.41, 5.74) is 3.81. The molecular weight excluding hydrogens is 362 g/mol. The molecule has 0 aliphatic carbocycles. The lowest BCUT2D eigenvalue weighted by Crippen LogP contribution is -2.30. The van der Waals surface area contributed by atoms with Crippen molar-refractivity contribution in [2.45, 2.75) is 17.7 Å². The molecule has 2 aromatic carbocycles. The third-order valence-corrected chi connectivity index (χ3v) is 5.64. The number of anilines is 1. The molecule has 4 rings (SSSR count). The first kappa shape index (κ1) is 17.6. The molecule has 138 valence electrons. The summed E-state index contributed by atoms with van der Waals surface area (Å²) < 4.78 is 17.5. The molecule has 0 saturated carbocycles. The van der Waals surface area contributed by atoms with Crippen LogP contribution in [0.15, 0.2) is 53.6 Å². The van der Waals surface area contributed by atoms with E-state index in [0.717, 1.165) is 33.8 Å². The third-order valence-electron chi connectivity index (χ3n) is 4.70. The number of ether oxygens (including phenoxy) is 1. The van der Waals surface area contributed by atoms with Gasteiger partial charge in [-0.25, -0.2) is 0 Å². The first-order chi connectivity index (χ1) is 13.0. The molecule has 1 N–H and O–H groups in total. The van der Waals surface area contributed by atoms with E-state index in [-0.39, 0.29) is 5.91 Å². The number of aromatic amines is 1. The highest BCUT2D eigenvalue weighted by Gasteiger charge is 2.22. The predicted molar refractivity (Wildman–Crippen MR) is 105 cm³/mol. The second kappa shape index (κ2) is 7.09. The fourth-order valence-corrected chi connectivity index (χ4v) is 3.72. The van der Waals surface area contributed by atoms with Crippen molar-refractivity contribution in [2.75, 3.05) is 18.2 Å². The van der Waals surface area contributed by atoms with E-state index in [9.17, 15) is 9.35 Å². The Bertz CT molecular complexity index is 982. The second-order valence-electron chi connectivity index (χ2n) is 6.43. The Morgan fingerprint density at radius 3 is 2.70 bits per heavy atom. The molecule has 1 unspecified atom stereocenters. The average molecular weight is 381 g/mol. The molecule has 1 atom stereocenters. The monoisotopic (exact) mass is 381 g/mol. The number of amides is 1. The fraction of sp³-hybridized carbons (Fsp3) is 0.200. The van der Waals surface area contributed by atoms with Crippen LogP contribution in [-0.4, -0.2) is 34.0 Å². The zero-order valence-electron chi connectivity index (χ0n) is 15.1. The van der Waals surface area contributed by atoms with Crippen LogP contribution in [0.1, 0.15) is 12.0 Å². The molecule has 0 fully saturated rings. The topological polar surface area (TPSA) is 81.3 Å². The molecule has 0 bridgehead atoms. The van der Waals surface area contributed by atoms with Crippen molar-refractivity contribution >= 4 is 22.8 Å². The van der Waals surface area contributed by atoms with Gasteiger partial charge >= 0.3 is 0 Å². The third kappa shape index (κ3) is 3.43. The highest BCUT2D eigenvalue weighted by Crippen LogP contribution is 2.35. The van der Waals surface area contributed by atoms with E-state index in [4.69, 9.17) is 4.74 Å². The molecule has 0 radical (unpaired) electrons. The molecular formula is C20H19N3O3S. The lowest BCUT2D eigenvalue weighted by Gasteiger charge is -2.26. The summed E-state index contributed by atoms with van der Waals surface area (Å²) in [6.45, 7) is 0. The van der Waals surface area contributed by atoms with E-state index < -0.39 is 11.2 Å². The summed E-state index contributed by atoms with van der Waals surface area (Å²) in [7, 11) is 1.80. The van der Waals surface area contributed by atoms with Gasteiger partial charge in [0.2, 0.25) is 5.91 Å². The number of aryl methyl sites for hydroxylation is 1. The number of fused-ring (bicyclic) bond motifs is 1. The van der Waals surface area contributed by atoms with Crippen LogP contribution in [0.2, 0.25) is 0 Å². The smallest absolute Gasteiger partial charge is 0.227 e. The van der Waals surface area contributed by atoms with Crippen molar-refractivity contribution in [1.82, 2.24) is 10.2 Å². The molecule has 2 heterocycles. The number of hydrogen-bond donors (Lipinski definition) is 1. The van der Waals surface area contributed by atoms with Crippen LogP contribution in [0.3, 0.4) is 0 Å². The molecule has 1 aliphatic heterocycles. The summed E-state index contributed by atoms with van der Waals surface area (Å²) in [6, 6.07) is 13.1. The summed E-state index contributed by atoms with van der Waals surface area (Å²) >= 11 is -1.02. The lowest BCUT2D eigenvalue weighted by molar-refractivity contribution is -0.118. The average Bonchev–Trinajstić information content (AvgIpc) is 3.13. The van der Waals surface area contributed by atoms with Crippen LogP contribution in [0.25, 0.3) is 11.3 Å². The van der Waals surface area contributed by atoms with Crippen molar-refractivity contribution in [3.63, 3.8) is 0 Å². The fourth-order valence-electron chi connectivity index (χ4n) is 3.20. The van der Waals surface area contributed by atoms with Gasteiger partial charge in [0.25, 0.3) is 0 Å². The largest absolute Gasteiger partial charge is 0.612 e. The molecule has 1 aliphatic rings. The van der Waals surface area contributed by atoms with Crippen molar-refractivity contribution in [3.05, 3.63) is 54.2 Å². The van der Waals surface area contributed by atoms with Gasteiger partial charge < -0.3 is 14.2 Å². The van der Waals surface area contributed by atoms with Gasteiger partial charge in [0.1, 0.15) is 17.7 Å². The van der Waals surface area contributed by atoms with Gasteiger partial charge in [-0.3, -0.25) is 9.89 Å². The van der Waals surface area contributed by atoms with Crippen molar-refractivity contribution < 1.29 is 14.1 Å². The van der Waals surface area contributed by atoms with Crippen LogP contribution in [0.5, 0.6) is 11.5 Å². The van der Waals surface area contributed by atoms with Crippen LogP contribution < -0.4 is 9.64 Å². The standard InChI is InChI=1S/C20H19N3O3S/c1-23-17-9-3-14(11-13(17)4-10-19(23)24)20-18(12-21-22-20)26-15-5-7-16(8-6-15)27(2)25/h3,5-9,11-12H,4,10H2,1-2H3,(H,21,22). The molecule has 0 spiro atoms. The van der Waals surface area contributed by atoms with Crippen LogP contribution in [0, 0.1) is 0 Å². The van der Waals surface area contributed by atoms with E-state index in [1.54, 1.807) is 48.7 Å². The van der Waals surface area contributed by atoms with Gasteiger partial charge in [-0.1, -0.05) is 6.07 Å². The number of nitrogens with one attached hydrogen (secondary N) is 1. The van der Waals surface area contributed by atoms with Crippen LogP contribution in [-0.2, 0) is 22.4 Å². The Kier molecular flexibility index (Phi) is 4.63. The van der Waals surface area contributed by atoms with Gasteiger partial charge in [-0.05, 0) is 59.6 Å². The zero-order valence-corrected chi connectivity index (χ0v) is 15.9. The number of carbonyl (C=O) groups excluding carboxylic acids is 1. The minimum absolute atomic E-state index is 0.136. The number of aromatic nitrogens is 2. The maximum Gasteiger partial charge on any atom is 0.227 e. The summed E-state index contributed by atoms with van der Waals surface area (Å²) in [6.07, 6.45) is 4.53. The normalized spacial score (nSPS) is 14.8. The number of hydrogen-bond acceptors (Lipinski definition) is 4. The van der Waals surface area contributed by atoms with Gasteiger partial charge in [0, 0.05) is 24.7 Å².